The van der Waals surface area contributed by atoms with Gasteiger partial charge in [0, 0.05) is 16.6 Å². The molecule has 15 heavy (non-hydrogen) atoms. The summed E-state index contributed by atoms with van der Waals surface area (Å²) in [6.07, 6.45) is 0. The average Bonchev–Trinajstić information content (AvgIpc) is 2.10. The molecule has 0 heterocycles. The molecule has 0 atom stereocenters. The van der Waals surface area contributed by atoms with Gasteiger partial charge in [-0.15, -0.1) is 0 Å². The number of primary amides is 1. The zero-order valence-corrected chi connectivity index (χ0v) is 9.99. The molecule has 0 aromatic heterocycles. The molecule has 1 aromatic rings. The van der Waals surface area contributed by atoms with E-state index >= 15 is 0 Å². The lowest BCUT2D eigenvalue weighted by molar-refractivity contribution is -0.118. The van der Waals surface area contributed by atoms with Crippen molar-refractivity contribution < 1.29 is 9.90 Å². The van der Waals surface area contributed by atoms with Crippen LogP contribution in [0.25, 0.3) is 0 Å². The number of hydrogen-bond donors (Lipinski definition) is 2. The number of benzene rings is 1. The summed E-state index contributed by atoms with van der Waals surface area (Å²) in [5.41, 5.74) is 5.82. The average molecular weight is 273 g/mol. The minimum Gasteiger partial charge on any atom is -0.508 e. The molecule has 0 saturated heterocycles. The van der Waals surface area contributed by atoms with E-state index in [2.05, 4.69) is 15.9 Å². The Bertz CT molecular complexity index is 368. The molecule has 1 amide bonds. The molecular weight excluding hydrogens is 260 g/mol. The summed E-state index contributed by atoms with van der Waals surface area (Å²) in [5, 5.41) is 9.55. The van der Waals surface area contributed by atoms with Gasteiger partial charge in [0.05, 0.1) is 6.54 Å². The van der Waals surface area contributed by atoms with Crippen LogP contribution < -0.4 is 5.73 Å². The Hall–Kier alpha value is -1.07. The number of carbonyl (C=O) groups is 1. The molecule has 5 heteroatoms. The maximum absolute atomic E-state index is 10.7. The van der Waals surface area contributed by atoms with Gasteiger partial charge in [-0.05, 0) is 25.2 Å². The van der Waals surface area contributed by atoms with Crippen LogP contribution in [0.2, 0.25) is 0 Å². The fraction of sp³-hybridized carbons (Fsp3) is 0.300. The quantitative estimate of drug-likeness (QED) is 0.862. The first kappa shape index (κ1) is 12.0. The third kappa shape index (κ3) is 3.89. The van der Waals surface area contributed by atoms with Gasteiger partial charge < -0.3 is 10.8 Å². The van der Waals surface area contributed by atoms with Gasteiger partial charge in [0.2, 0.25) is 5.91 Å². The van der Waals surface area contributed by atoms with Crippen LogP contribution in [0, 0.1) is 0 Å². The molecule has 1 aromatic carbocycles. The van der Waals surface area contributed by atoms with Gasteiger partial charge in [-0.3, -0.25) is 9.69 Å². The summed E-state index contributed by atoms with van der Waals surface area (Å²) < 4.78 is 0.891. The molecule has 0 unspecified atom stereocenters. The lowest BCUT2D eigenvalue weighted by Gasteiger charge is -2.15. The number of aromatic hydroxyl groups is 1. The molecular formula is C10H13BrN2O2. The Labute approximate surface area is 96.8 Å². The van der Waals surface area contributed by atoms with Gasteiger partial charge >= 0.3 is 0 Å². The third-order valence-electron chi connectivity index (χ3n) is 1.91. The maximum atomic E-state index is 10.7. The van der Waals surface area contributed by atoms with Crippen LogP contribution in [0.4, 0.5) is 0 Å². The van der Waals surface area contributed by atoms with E-state index in [1.165, 1.54) is 0 Å². The van der Waals surface area contributed by atoms with Crippen molar-refractivity contribution >= 4 is 21.8 Å². The van der Waals surface area contributed by atoms with E-state index in [9.17, 15) is 9.90 Å². The van der Waals surface area contributed by atoms with Crippen LogP contribution in [-0.2, 0) is 11.3 Å². The minimum absolute atomic E-state index is 0.173. The summed E-state index contributed by atoms with van der Waals surface area (Å²) in [7, 11) is 1.77. The van der Waals surface area contributed by atoms with E-state index in [1.54, 1.807) is 24.1 Å². The second-order valence-electron chi connectivity index (χ2n) is 3.41. The fourth-order valence-electron chi connectivity index (χ4n) is 1.29. The Morgan fingerprint density at radius 1 is 1.60 bits per heavy atom. The number of phenolic OH excluding ortho intramolecular Hbond substituents is 1. The van der Waals surface area contributed by atoms with Crippen molar-refractivity contribution in [2.45, 2.75) is 6.54 Å². The number of nitrogens with two attached hydrogens (primary N) is 1. The van der Waals surface area contributed by atoms with Crippen LogP contribution in [0.1, 0.15) is 5.56 Å². The van der Waals surface area contributed by atoms with Crippen molar-refractivity contribution in [1.82, 2.24) is 4.90 Å². The summed E-state index contributed by atoms with van der Waals surface area (Å²) in [5.74, 6) is -0.165. The van der Waals surface area contributed by atoms with Gasteiger partial charge in [-0.2, -0.15) is 0 Å². The molecule has 82 valence electrons. The largest absolute Gasteiger partial charge is 0.508 e. The number of carbonyl (C=O) groups excluding carboxylic acids is 1. The molecule has 0 aliphatic heterocycles. The zero-order valence-electron chi connectivity index (χ0n) is 8.40. The Morgan fingerprint density at radius 3 is 2.87 bits per heavy atom. The molecule has 0 spiro atoms. The molecule has 0 fully saturated rings. The summed E-state index contributed by atoms with van der Waals surface area (Å²) in [6.45, 7) is 0.653. The standard InChI is InChI=1S/C10H13BrN2O2/c1-13(6-10(12)15)5-7-4-8(11)2-3-9(7)14/h2-4,14H,5-6H2,1H3,(H2,12,15). The van der Waals surface area contributed by atoms with E-state index < -0.39 is 0 Å². The predicted octanol–water partition coefficient (Wildman–Crippen LogP) is 1.07. The topological polar surface area (TPSA) is 66.6 Å². The molecule has 0 bridgehead atoms. The predicted molar refractivity (Wildman–Crippen MR) is 61.3 cm³/mol. The highest BCUT2D eigenvalue weighted by molar-refractivity contribution is 9.10. The molecule has 0 aliphatic rings. The highest BCUT2D eigenvalue weighted by Gasteiger charge is 2.07. The zero-order chi connectivity index (χ0) is 11.4. The van der Waals surface area contributed by atoms with Crippen LogP contribution in [0.3, 0.4) is 0 Å². The van der Waals surface area contributed by atoms with Crippen molar-refractivity contribution in [2.24, 2.45) is 5.73 Å². The summed E-state index contributed by atoms with van der Waals surface area (Å²) in [4.78, 5) is 12.4. The second kappa shape index (κ2) is 5.14. The smallest absolute Gasteiger partial charge is 0.231 e. The molecule has 3 N–H and O–H groups in total. The van der Waals surface area contributed by atoms with Crippen LogP contribution >= 0.6 is 15.9 Å². The van der Waals surface area contributed by atoms with Crippen molar-refractivity contribution in [2.75, 3.05) is 13.6 Å². The SMILES string of the molecule is CN(CC(N)=O)Cc1cc(Br)ccc1O. The fourth-order valence-corrected chi connectivity index (χ4v) is 1.70. The van der Waals surface area contributed by atoms with E-state index in [1.807, 2.05) is 6.07 Å². The summed E-state index contributed by atoms with van der Waals surface area (Å²) in [6, 6.07) is 5.18. The molecule has 0 radical (unpaired) electrons. The first-order chi connectivity index (χ1) is 6.99. The third-order valence-corrected chi connectivity index (χ3v) is 2.40. The van der Waals surface area contributed by atoms with E-state index in [4.69, 9.17) is 5.73 Å². The normalized spacial score (nSPS) is 10.6. The van der Waals surface area contributed by atoms with Crippen LogP contribution in [0.15, 0.2) is 22.7 Å². The van der Waals surface area contributed by atoms with Crippen LogP contribution in [0.5, 0.6) is 5.75 Å². The molecule has 0 aliphatic carbocycles. The van der Waals surface area contributed by atoms with Crippen molar-refractivity contribution in [1.29, 1.82) is 0 Å². The molecule has 0 saturated carbocycles. The van der Waals surface area contributed by atoms with Crippen molar-refractivity contribution in [3.05, 3.63) is 28.2 Å². The number of phenols is 1. The Morgan fingerprint density at radius 2 is 2.27 bits per heavy atom. The number of amides is 1. The van der Waals surface area contributed by atoms with Crippen LogP contribution in [-0.4, -0.2) is 29.5 Å². The molecule has 1 rings (SSSR count). The second-order valence-corrected chi connectivity index (χ2v) is 4.33. The first-order valence-corrected chi connectivity index (χ1v) is 5.22. The Balaban J connectivity index is 2.71. The van der Waals surface area contributed by atoms with Crippen molar-refractivity contribution in [3.8, 4) is 5.75 Å². The minimum atomic E-state index is -0.382. The Kier molecular flexibility index (Phi) is 4.11. The number of hydrogen-bond acceptors (Lipinski definition) is 3. The number of nitrogens with zero attached hydrogens (tertiary/aromatic N) is 1. The maximum Gasteiger partial charge on any atom is 0.231 e. The number of likely N-dealkylation sites (N-methyl/N-ethyl adjacent to an activating group) is 1. The summed E-state index contributed by atoms with van der Waals surface area (Å²) >= 11 is 3.32. The number of halogens is 1. The van der Waals surface area contributed by atoms with Gasteiger partial charge in [0.25, 0.3) is 0 Å². The first-order valence-electron chi connectivity index (χ1n) is 4.43. The number of rotatable bonds is 4. The van der Waals surface area contributed by atoms with Gasteiger partial charge in [0.1, 0.15) is 5.75 Å². The molecule has 4 nitrogen and oxygen atoms in total. The highest BCUT2D eigenvalue weighted by Crippen LogP contribution is 2.22. The van der Waals surface area contributed by atoms with Gasteiger partial charge in [-0.25, -0.2) is 0 Å². The van der Waals surface area contributed by atoms with E-state index in [0.29, 0.717) is 6.54 Å². The lowest BCUT2D eigenvalue weighted by Crippen LogP contribution is -2.30. The lowest BCUT2D eigenvalue weighted by atomic mass is 10.2. The van der Waals surface area contributed by atoms with Crippen molar-refractivity contribution in [3.63, 3.8) is 0 Å². The van der Waals surface area contributed by atoms with E-state index in [-0.39, 0.29) is 18.2 Å². The van der Waals surface area contributed by atoms with Gasteiger partial charge in [0.15, 0.2) is 0 Å². The van der Waals surface area contributed by atoms with Gasteiger partial charge in [-0.1, -0.05) is 15.9 Å². The monoisotopic (exact) mass is 272 g/mol. The highest BCUT2D eigenvalue weighted by atomic mass is 79.9. The van der Waals surface area contributed by atoms with E-state index in [0.717, 1.165) is 10.0 Å².